The summed E-state index contributed by atoms with van der Waals surface area (Å²) in [7, 11) is -2.37. The van der Waals surface area contributed by atoms with E-state index >= 15 is 0 Å². The molecule has 0 aliphatic carbocycles. The maximum atomic E-state index is 12.4. The average molecular weight is 314 g/mol. The number of ether oxygens (including phenoxy) is 1. The van der Waals surface area contributed by atoms with Crippen LogP contribution in [0.5, 0.6) is 5.88 Å². The highest BCUT2D eigenvalue weighted by molar-refractivity contribution is 7.90. The second kappa shape index (κ2) is 6.27. The van der Waals surface area contributed by atoms with Crippen molar-refractivity contribution in [3.63, 3.8) is 0 Å². The number of nitrogens with one attached hydrogen (secondary N) is 1. The fourth-order valence-corrected chi connectivity index (χ4v) is 3.54. The maximum absolute atomic E-state index is 12.4. The number of carbonyl (C=O) groups excluding carboxylic acids is 1. The summed E-state index contributed by atoms with van der Waals surface area (Å²) in [4.78, 5) is 15.2. The van der Waals surface area contributed by atoms with Crippen LogP contribution in [0, 0.1) is 5.92 Å². The third-order valence-electron chi connectivity index (χ3n) is 3.33. The molecule has 1 aromatic rings. The van der Waals surface area contributed by atoms with E-state index in [-0.39, 0.29) is 18.1 Å². The minimum atomic E-state index is -3.78. The molecule has 21 heavy (non-hydrogen) atoms. The molecule has 1 amide bonds. The second-order valence-electron chi connectivity index (χ2n) is 4.77. The smallest absolute Gasteiger partial charge is 0.301 e. The molecule has 1 atom stereocenters. The number of pyridine rings is 1. The van der Waals surface area contributed by atoms with Crippen molar-refractivity contribution in [2.24, 2.45) is 11.7 Å². The summed E-state index contributed by atoms with van der Waals surface area (Å²) >= 11 is 0. The number of hydrogen-bond donors (Lipinski definition) is 2. The van der Waals surface area contributed by atoms with Gasteiger partial charge in [0.1, 0.15) is 5.69 Å². The first-order valence-corrected chi connectivity index (χ1v) is 7.94. The zero-order valence-electron chi connectivity index (χ0n) is 11.7. The SMILES string of the molecule is COc1ncccc1NS(=O)(=O)N1CCC[C@H](C(N)=O)C1. The van der Waals surface area contributed by atoms with Crippen molar-refractivity contribution in [3.8, 4) is 5.88 Å². The van der Waals surface area contributed by atoms with Crippen LogP contribution in [-0.2, 0) is 15.0 Å². The highest BCUT2D eigenvalue weighted by Crippen LogP contribution is 2.24. The third-order valence-corrected chi connectivity index (χ3v) is 4.82. The van der Waals surface area contributed by atoms with Gasteiger partial charge < -0.3 is 10.5 Å². The van der Waals surface area contributed by atoms with Crippen LogP contribution in [0.3, 0.4) is 0 Å². The molecule has 1 aliphatic heterocycles. The Kier molecular flexibility index (Phi) is 4.63. The van der Waals surface area contributed by atoms with E-state index in [0.717, 1.165) is 0 Å². The maximum Gasteiger partial charge on any atom is 0.301 e. The Labute approximate surface area is 123 Å². The summed E-state index contributed by atoms with van der Waals surface area (Å²) in [5, 5.41) is 0. The van der Waals surface area contributed by atoms with Crippen molar-refractivity contribution in [1.29, 1.82) is 0 Å². The Hall–Kier alpha value is -1.87. The highest BCUT2D eigenvalue weighted by atomic mass is 32.2. The lowest BCUT2D eigenvalue weighted by atomic mass is 9.99. The fourth-order valence-electron chi connectivity index (χ4n) is 2.23. The molecule has 1 aromatic heterocycles. The Morgan fingerprint density at radius 1 is 1.57 bits per heavy atom. The molecule has 2 heterocycles. The van der Waals surface area contributed by atoms with Gasteiger partial charge in [-0.05, 0) is 25.0 Å². The van der Waals surface area contributed by atoms with Gasteiger partial charge >= 0.3 is 10.2 Å². The molecule has 8 nitrogen and oxygen atoms in total. The quantitative estimate of drug-likeness (QED) is 0.790. The second-order valence-corrected chi connectivity index (χ2v) is 6.44. The lowest BCUT2D eigenvalue weighted by molar-refractivity contribution is -0.122. The van der Waals surface area contributed by atoms with Crippen molar-refractivity contribution in [1.82, 2.24) is 9.29 Å². The summed E-state index contributed by atoms with van der Waals surface area (Å²) in [6.45, 7) is 0.439. The van der Waals surface area contributed by atoms with Gasteiger partial charge in [0.15, 0.2) is 0 Å². The van der Waals surface area contributed by atoms with Crippen LogP contribution in [-0.4, -0.2) is 43.8 Å². The Morgan fingerprint density at radius 2 is 2.33 bits per heavy atom. The number of nitrogens with zero attached hydrogens (tertiary/aromatic N) is 2. The van der Waals surface area contributed by atoms with Crippen LogP contribution in [0.1, 0.15) is 12.8 Å². The molecule has 1 aliphatic rings. The van der Waals surface area contributed by atoms with Crippen LogP contribution in [0.15, 0.2) is 18.3 Å². The van der Waals surface area contributed by atoms with Gasteiger partial charge in [0.25, 0.3) is 0 Å². The molecule has 1 fully saturated rings. The lowest BCUT2D eigenvalue weighted by Gasteiger charge is -2.30. The number of amides is 1. The van der Waals surface area contributed by atoms with Crippen LogP contribution in [0.2, 0.25) is 0 Å². The van der Waals surface area contributed by atoms with E-state index in [0.29, 0.717) is 19.4 Å². The number of anilines is 1. The van der Waals surface area contributed by atoms with Gasteiger partial charge in [0.2, 0.25) is 11.8 Å². The van der Waals surface area contributed by atoms with Crippen molar-refractivity contribution >= 4 is 21.8 Å². The molecule has 0 radical (unpaired) electrons. The van der Waals surface area contributed by atoms with Crippen molar-refractivity contribution < 1.29 is 17.9 Å². The number of primary amides is 1. The first-order valence-electron chi connectivity index (χ1n) is 6.50. The van der Waals surface area contributed by atoms with Crippen molar-refractivity contribution in [3.05, 3.63) is 18.3 Å². The lowest BCUT2D eigenvalue weighted by Crippen LogP contribution is -2.46. The number of rotatable bonds is 5. The Morgan fingerprint density at radius 3 is 3.00 bits per heavy atom. The summed E-state index contributed by atoms with van der Waals surface area (Å²) in [5.74, 6) is -0.746. The van der Waals surface area contributed by atoms with Crippen LogP contribution < -0.4 is 15.2 Å². The van der Waals surface area contributed by atoms with Crippen molar-refractivity contribution in [2.45, 2.75) is 12.8 Å². The van der Waals surface area contributed by atoms with Gasteiger partial charge in [-0.3, -0.25) is 9.52 Å². The predicted molar refractivity (Wildman–Crippen MR) is 76.8 cm³/mol. The number of hydrogen-bond acceptors (Lipinski definition) is 5. The predicted octanol–water partition coefficient (Wildman–Crippen LogP) is -0.0558. The molecule has 3 N–H and O–H groups in total. The van der Waals surface area contributed by atoms with Gasteiger partial charge in [-0.2, -0.15) is 12.7 Å². The number of piperidine rings is 1. The van der Waals surface area contributed by atoms with E-state index < -0.39 is 22.0 Å². The van der Waals surface area contributed by atoms with E-state index in [1.807, 2.05) is 0 Å². The molecule has 0 saturated carbocycles. The normalized spacial score (nSPS) is 20.0. The molecule has 0 unspecified atom stereocenters. The molecule has 1 saturated heterocycles. The van der Waals surface area contributed by atoms with Gasteiger partial charge in [0, 0.05) is 19.3 Å². The number of nitrogens with two attached hydrogens (primary N) is 1. The molecule has 0 bridgehead atoms. The topological polar surface area (TPSA) is 115 Å². The largest absolute Gasteiger partial charge is 0.480 e. The van der Waals surface area contributed by atoms with E-state index in [1.54, 1.807) is 12.1 Å². The standard InChI is InChI=1S/C12H18N4O4S/c1-20-12-10(5-2-6-14-12)15-21(18,19)16-7-3-4-9(8-16)11(13)17/h2,5-6,9,15H,3-4,7-8H2,1H3,(H2,13,17)/t9-/m0/s1. The number of carbonyl (C=O) groups is 1. The molecule has 0 spiro atoms. The minimum Gasteiger partial charge on any atom is -0.480 e. The van der Waals surface area contributed by atoms with Gasteiger partial charge in [-0.15, -0.1) is 0 Å². The minimum absolute atomic E-state index is 0.0905. The first kappa shape index (κ1) is 15.5. The molecular weight excluding hydrogens is 296 g/mol. The molecule has 0 aromatic carbocycles. The summed E-state index contributed by atoms with van der Waals surface area (Å²) < 4.78 is 33.4. The molecule has 9 heteroatoms. The number of methoxy groups -OCH3 is 1. The molecule has 2 rings (SSSR count). The third kappa shape index (κ3) is 3.61. The Bertz CT molecular complexity index is 619. The molecule has 116 valence electrons. The van der Waals surface area contributed by atoms with E-state index in [4.69, 9.17) is 10.5 Å². The van der Waals surface area contributed by atoms with Crippen LogP contribution in [0.4, 0.5) is 5.69 Å². The zero-order valence-corrected chi connectivity index (χ0v) is 12.5. The fraction of sp³-hybridized carbons (Fsp3) is 0.500. The summed E-state index contributed by atoms with van der Waals surface area (Å²) in [6, 6.07) is 3.15. The monoisotopic (exact) mass is 314 g/mol. The van der Waals surface area contributed by atoms with E-state index in [1.165, 1.54) is 17.6 Å². The molecular formula is C12H18N4O4S. The highest BCUT2D eigenvalue weighted by Gasteiger charge is 2.31. The number of aromatic nitrogens is 1. The van der Waals surface area contributed by atoms with E-state index in [2.05, 4.69) is 9.71 Å². The summed E-state index contributed by atoms with van der Waals surface area (Å²) in [6.07, 6.45) is 2.71. The van der Waals surface area contributed by atoms with Gasteiger partial charge in [-0.1, -0.05) is 0 Å². The van der Waals surface area contributed by atoms with Crippen LogP contribution in [0.25, 0.3) is 0 Å². The van der Waals surface area contributed by atoms with Crippen molar-refractivity contribution in [2.75, 3.05) is 24.9 Å². The average Bonchev–Trinajstić information content (AvgIpc) is 2.47. The summed E-state index contributed by atoms with van der Waals surface area (Å²) in [5.41, 5.74) is 5.51. The Balaban J connectivity index is 2.16. The zero-order chi connectivity index (χ0) is 15.5. The van der Waals surface area contributed by atoms with Gasteiger partial charge in [-0.25, -0.2) is 4.98 Å². The van der Waals surface area contributed by atoms with Crippen LogP contribution >= 0.6 is 0 Å². The van der Waals surface area contributed by atoms with Gasteiger partial charge in [0.05, 0.1) is 13.0 Å². The van der Waals surface area contributed by atoms with E-state index in [9.17, 15) is 13.2 Å². The first-order chi connectivity index (χ1) is 9.94.